The summed E-state index contributed by atoms with van der Waals surface area (Å²) >= 11 is 0. The van der Waals surface area contributed by atoms with E-state index in [1.165, 1.54) is 33.4 Å². The topological polar surface area (TPSA) is 40.5 Å². The molecule has 1 fully saturated rings. The first-order valence-corrected chi connectivity index (χ1v) is 10.4. The third-order valence-corrected chi connectivity index (χ3v) is 6.15. The van der Waals surface area contributed by atoms with Crippen LogP contribution in [0.25, 0.3) is 5.57 Å². The fourth-order valence-electron chi connectivity index (χ4n) is 4.72. The average molecular weight is 376 g/mol. The number of hydrogen-bond acceptors (Lipinski definition) is 2. The Kier molecular flexibility index (Phi) is 5.63. The Morgan fingerprint density at radius 2 is 1.93 bits per heavy atom. The van der Waals surface area contributed by atoms with E-state index in [0.29, 0.717) is 12.3 Å². The molecule has 4 rings (SSSR count). The molecule has 0 spiro atoms. The molecule has 1 heterocycles. The number of carboxylic acid groups (broad SMARTS) is 1. The molecule has 0 amide bonds. The van der Waals surface area contributed by atoms with Gasteiger partial charge in [0.1, 0.15) is 0 Å². The van der Waals surface area contributed by atoms with Crippen LogP contribution in [-0.2, 0) is 17.6 Å². The molecule has 0 saturated carbocycles. The van der Waals surface area contributed by atoms with Crippen molar-refractivity contribution in [3.63, 3.8) is 0 Å². The highest BCUT2D eigenvalue weighted by Crippen LogP contribution is 2.34. The molecule has 2 aliphatic rings. The van der Waals surface area contributed by atoms with Gasteiger partial charge in [0.2, 0.25) is 0 Å². The molecule has 1 unspecified atom stereocenters. The Labute approximate surface area is 167 Å². The summed E-state index contributed by atoms with van der Waals surface area (Å²) in [4.78, 5) is 13.4. The lowest BCUT2D eigenvalue weighted by molar-refractivity contribution is -0.138. The van der Waals surface area contributed by atoms with Crippen LogP contribution in [0.2, 0.25) is 0 Å². The van der Waals surface area contributed by atoms with Crippen molar-refractivity contribution in [2.45, 2.75) is 39.0 Å². The van der Waals surface area contributed by atoms with Gasteiger partial charge in [0, 0.05) is 19.5 Å². The molecular formula is C25H29NO2. The zero-order valence-corrected chi connectivity index (χ0v) is 16.7. The smallest absolute Gasteiger partial charge is 0.303 e. The van der Waals surface area contributed by atoms with E-state index in [0.717, 1.165) is 45.3 Å². The van der Waals surface area contributed by atoms with Gasteiger partial charge in [-0.1, -0.05) is 54.1 Å². The van der Waals surface area contributed by atoms with Crippen LogP contribution in [0.3, 0.4) is 0 Å². The summed E-state index contributed by atoms with van der Waals surface area (Å²) in [6.07, 6.45) is 6.90. The molecule has 3 nitrogen and oxygen atoms in total. The zero-order valence-electron chi connectivity index (χ0n) is 16.7. The Hall–Kier alpha value is -2.39. The van der Waals surface area contributed by atoms with Crippen molar-refractivity contribution < 1.29 is 9.90 Å². The monoisotopic (exact) mass is 375 g/mol. The van der Waals surface area contributed by atoms with Gasteiger partial charge in [-0.15, -0.1) is 0 Å². The minimum absolute atomic E-state index is 0.303. The lowest BCUT2D eigenvalue weighted by Gasteiger charge is -2.16. The summed E-state index contributed by atoms with van der Waals surface area (Å²) in [6.45, 7) is 5.11. The van der Waals surface area contributed by atoms with Crippen LogP contribution in [0.4, 0.5) is 0 Å². The predicted octanol–water partition coefficient (Wildman–Crippen LogP) is 4.71. The van der Waals surface area contributed by atoms with Gasteiger partial charge in [0.05, 0.1) is 0 Å². The van der Waals surface area contributed by atoms with Crippen LogP contribution in [0, 0.1) is 12.8 Å². The van der Waals surface area contributed by atoms with Crippen LogP contribution in [-0.4, -0.2) is 35.6 Å². The van der Waals surface area contributed by atoms with Gasteiger partial charge >= 0.3 is 5.97 Å². The summed E-state index contributed by atoms with van der Waals surface area (Å²) < 4.78 is 0. The maximum absolute atomic E-state index is 10.9. The van der Waals surface area contributed by atoms with Gasteiger partial charge in [0.25, 0.3) is 0 Å². The van der Waals surface area contributed by atoms with Gasteiger partial charge in [-0.25, -0.2) is 0 Å². The van der Waals surface area contributed by atoms with E-state index in [-0.39, 0.29) is 0 Å². The molecular weight excluding hydrogens is 346 g/mol. The number of likely N-dealkylation sites (tertiary alicyclic amines) is 1. The predicted molar refractivity (Wildman–Crippen MR) is 114 cm³/mol. The summed E-state index contributed by atoms with van der Waals surface area (Å²) in [5, 5.41) is 9.01. The van der Waals surface area contributed by atoms with E-state index >= 15 is 0 Å². The maximum Gasteiger partial charge on any atom is 0.303 e. The summed E-state index contributed by atoms with van der Waals surface area (Å²) in [5.41, 5.74) is 8.31. The minimum atomic E-state index is -0.670. The maximum atomic E-state index is 10.9. The Balaban J connectivity index is 1.55. The number of aliphatic carboxylic acids is 1. The minimum Gasteiger partial charge on any atom is -0.481 e. The lowest BCUT2D eigenvalue weighted by atomic mass is 9.92. The average Bonchev–Trinajstić information content (AvgIpc) is 3.04. The van der Waals surface area contributed by atoms with Crippen molar-refractivity contribution in [2.75, 3.05) is 19.6 Å². The highest BCUT2D eigenvalue weighted by atomic mass is 16.4. The largest absolute Gasteiger partial charge is 0.481 e. The number of benzene rings is 2. The second kappa shape index (κ2) is 8.32. The first kappa shape index (κ1) is 18.9. The van der Waals surface area contributed by atoms with Crippen molar-refractivity contribution in [3.05, 3.63) is 76.4 Å². The molecule has 1 N–H and O–H groups in total. The molecule has 0 radical (unpaired) electrons. The molecule has 2 aromatic carbocycles. The second-order valence-electron chi connectivity index (χ2n) is 8.28. The van der Waals surface area contributed by atoms with Crippen LogP contribution in [0.5, 0.6) is 0 Å². The van der Waals surface area contributed by atoms with E-state index in [4.69, 9.17) is 5.11 Å². The van der Waals surface area contributed by atoms with Gasteiger partial charge < -0.3 is 10.0 Å². The fourth-order valence-corrected chi connectivity index (χ4v) is 4.72. The Morgan fingerprint density at radius 1 is 1.14 bits per heavy atom. The third-order valence-electron chi connectivity index (χ3n) is 6.15. The SMILES string of the molecule is Cc1ccc2c(c1)C(=CCCN1CCC(CC(=O)O)C1)c1ccccc1CC2. The number of carboxylic acids is 1. The van der Waals surface area contributed by atoms with Crippen LogP contribution in [0.1, 0.15) is 47.1 Å². The number of nitrogens with zero attached hydrogens (tertiary/aromatic N) is 1. The molecule has 28 heavy (non-hydrogen) atoms. The van der Waals surface area contributed by atoms with Crippen molar-refractivity contribution in [1.82, 2.24) is 4.90 Å². The normalized spacial score (nSPS) is 20.6. The quantitative estimate of drug-likeness (QED) is 0.823. The molecule has 1 aliphatic heterocycles. The molecule has 0 aromatic heterocycles. The Morgan fingerprint density at radius 3 is 2.75 bits per heavy atom. The fraction of sp³-hybridized carbons (Fsp3) is 0.400. The highest BCUT2D eigenvalue weighted by Gasteiger charge is 2.24. The van der Waals surface area contributed by atoms with E-state index in [1.807, 2.05) is 0 Å². The van der Waals surface area contributed by atoms with Crippen molar-refractivity contribution in [2.24, 2.45) is 5.92 Å². The number of hydrogen-bond donors (Lipinski definition) is 1. The molecule has 2 aromatic rings. The van der Waals surface area contributed by atoms with Gasteiger partial charge in [-0.3, -0.25) is 4.79 Å². The van der Waals surface area contributed by atoms with Gasteiger partial charge in [-0.05, 0) is 72.9 Å². The molecule has 146 valence electrons. The van der Waals surface area contributed by atoms with Crippen molar-refractivity contribution in [1.29, 1.82) is 0 Å². The standard InChI is InChI=1S/C25H29NO2/c1-18-8-9-21-11-10-20-5-2-3-6-22(20)23(24(21)15-18)7-4-13-26-14-12-19(17-26)16-25(27)28/h2-3,5-9,15,19H,4,10-14,16-17H2,1H3,(H,27,28). The van der Waals surface area contributed by atoms with Gasteiger partial charge in [-0.2, -0.15) is 0 Å². The van der Waals surface area contributed by atoms with Crippen molar-refractivity contribution >= 4 is 11.5 Å². The van der Waals surface area contributed by atoms with Crippen LogP contribution in [0.15, 0.2) is 48.5 Å². The van der Waals surface area contributed by atoms with E-state index < -0.39 is 5.97 Å². The number of aryl methyl sites for hydroxylation is 3. The highest BCUT2D eigenvalue weighted by molar-refractivity contribution is 5.84. The molecule has 0 bridgehead atoms. The summed E-state index contributed by atoms with van der Waals surface area (Å²) in [6, 6.07) is 15.7. The molecule has 1 aliphatic carbocycles. The molecule has 1 saturated heterocycles. The first-order chi connectivity index (χ1) is 13.6. The second-order valence-corrected chi connectivity index (χ2v) is 8.28. The van der Waals surface area contributed by atoms with Gasteiger partial charge in [0.15, 0.2) is 0 Å². The number of fused-ring (bicyclic) bond motifs is 2. The summed E-state index contributed by atoms with van der Waals surface area (Å²) in [7, 11) is 0. The number of carbonyl (C=O) groups is 1. The third kappa shape index (κ3) is 4.20. The lowest BCUT2D eigenvalue weighted by Crippen LogP contribution is -2.22. The first-order valence-electron chi connectivity index (χ1n) is 10.4. The number of rotatable bonds is 5. The molecule has 3 heteroatoms. The van der Waals surface area contributed by atoms with Crippen molar-refractivity contribution in [3.8, 4) is 0 Å². The summed E-state index contributed by atoms with van der Waals surface area (Å²) in [5.74, 6) is -0.358. The van der Waals surface area contributed by atoms with Crippen LogP contribution < -0.4 is 0 Å². The van der Waals surface area contributed by atoms with Crippen LogP contribution >= 0.6 is 0 Å². The Bertz CT molecular complexity index is 899. The van der Waals surface area contributed by atoms with E-state index in [9.17, 15) is 4.79 Å². The van der Waals surface area contributed by atoms with E-state index in [2.05, 4.69) is 60.4 Å². The molecule has 1 atom stereocenters. The zero-order chi connectivity index (χ0) is 19.5. The van der Waals surface area contributed by atoms with E-state index in [1.54, 1.807) is 0 Å².